The molecule has 0 radical (unpaired) electrons. The summed E-state index contributed by atoms with van der Waals surface area (Å²) < 4.78 is 5.08. The first-order valence-corrected chi connectivity index (χ1v) is 7.29. The number of hydrogen-bond donors (Lipinski definition) is 2. The van der Waals surface area contributed by atoms with Gasteiger partial charge in [0, 0.05) is 5.56 Å². The summed E-state index contributed by atoms with van der Waals surface area (Å²) in [5.74, 6) is -1.54. The van der Waals surface area contributed by atoms with Gasteiger partial charge in [-0.05, 0) is 44.2 Å². The maximum absolute atomic E-state index is 12.2. The zero-order valence-electron chi connectivity index (χ0n) is 13.3. The molecule has 6 heteroatoms. The van der Waals surface area contributed by atoms with Gasteiger partial charge in [-0.25, -0.2) is 4.79 Å². The quantitative estimate of drug-likeness (QED) is 0.651. The lowest BCUT2D eigenvalue weighted by Crippen LogP contribution is -2.30. The number of para-hydroxylation sites is 1. The first-order chi connectivity index (χ1) is 11.4. The van der Waals surface area contributed by atoms with Crippen molar-refractivity contribution in [3.8, 4) is 5.75 Å². The van der Waals surface area contributed by atoms with E-state index in [0.717, 1.165) is 0 Å². The second kappa shape index (κ2) is 7.41. The van der Waals surface area contributed by atoms with Crippen molar-refractivity contribution < 1.29 is 24.2 Å². The van der Waals surface area contributed by atoms with Crippen LogP contribution in [0.1, 0.15) is 34.6 Å². The Kier molecular flexibility index (Phi) is 5.31. The molecule has 0 aliphatic carbocycles. The third-order valence-electron chi connectivity index (χ3n) is 3.30. The van der Waals surface area contributed by atoms with E-state index in [0.29, 0.717) is 11.3 Å². The fourth-order valence-corrected chi connectivity index (χ4v) is 2.05. The predicted molar refractivity (Wildman–Crippen MR) is 88.1 cm³/mol. The molecular formula is C18H17NO5. The normalized spacial score (nSPS) is 11.4. The zero-order chi connectivity index (χ0) is 17.7. The number of carbonyl (C=O) groups excluding carboxylic acids is 3. The fraction of sp³-hybridized carbons (Fsp3) is 0.167. The third kappa shape index (κ3) is 4.19. The van der Waals surface area contributed by atoms with Gasteiger partial charge in [-0.1, -0.05) is 18.2 Å². The van der Waals surface area contributed by atoms with E-state index in [1.165, 1.54) is 38.1 Å². The van der Waals surface area contributed by atoms with Crippen LogP contribution in [-0.2, 0) is 9.53 Å². The van der Waals surface area contributed by atoms with E-state index in [2.05, 4.69) is 5.32 Å². The lowest BCUT2D eigenvalue weighted by Gasteiger charge is -2.15. The highest BCUT2D eigenvalue weighted by molar-refractivity contribution is 6.05. The highest BCUT2D eigenvalue weighted by Gasteiger charge is 2.20. The molecule has 124 valence electrons. The number of ether oxygens (including phenoxy) is 1. The number of rotatable bonds is 5. The predicted octanol–water partition coefficient (Wildman–Crippen LogP) is 2.78. The number of phenolic OH excluding ortho intramolecular Hbond substituents is 1. The summed E-state index contributed by atoms with van der Waals surface area (Å²) in [5, 5.41) is 11.9. The van der Waals surface area contributed by atoms with Crippen molar-refractivity contribution in [2.75, 3.05) is 5.32 Å². The van der Waals surface area contributed by atoms with E-state index < -0.39 is 18.0 Å². The molecule has 0 saturated heterocycles. The maximum Gasteiger partial charge on any atom is 0.339 e. The highest BCUT2D eigenvalue weighted by atomic mass is 16.5. The minimum Gasteiger partial charge on any atom is -0.508 e. The van der Waals surface area contributed by atoms with E-state index in [1.807, 2.05) is 0 Å². The van der Waals surface area contributed by atoms with E-state index in [-0.39, 0.29) is 17.1 Å². The molecule has 0 saturated carbocycles. The summed E-state index contributed by atoms with van der Waals surface area (Å²) in [6.07, 6.45) is -1.07. The van der Waals surface area contributed by atoms with Crippen molar-refractivity contribution in [1.82, 2.24) is 0 Å². The Hall–Kier alpha value is -3.15. The number of carbonyl (C=O) groups is 3. The van der Waals surface area contributed by atoms with Crippen LogP contribution in [0.3, 0.4) is 0 Å². The number of nitrogens with one attached hydrogen (secondary N) is 1. The molecule has 2 aromatic rings. The molecule has 0 unspecified atom stereocenters. The van der Waals surface area contributed by atoms with Gasteiger partial charge in [0.2, 0.25) is 0 Å². The van der Waals surface area contributed by atoms with Crippen molar-refractivity contribution in [2.24, 2.45) is 0 Å². The average Bonchev–Trinajstić information content (AvgIpc) is 2.55. The Morgan fingerprint density at radius 2 is 1.79 bits per heavy atom. The third-order valence-corrected chi connectivity index (χ3v) is 3.30. The Bertz CT molecular complexity index is 784. The van der Waals surface area contributed by atoms with Crippen molar-refractivity contribution in [2.45, 2.75) is 20.0 Å². The van der Waals surface area contributed by atoms with Crippen LogP contribution in [-0.4, -0.2) is 28.9 Å². The molecule has 0 aliphatic heterocycles. The maximum atomic E-state index is 12.2. The van der Waals surface area contributed by atoms with Gasteiger partial charge < -0.3 is 15.2 Å². The number of aromatic hydroxyl groups is 1. The highest BCUT2D eigenvalue weighted by Crippen LogP contribution is 2.17. The second-order valence-corrected chi connectivity index (χ2v) is 5.19. The number of phenols is 1. The van der Waals surface area contributed by atoms with Crippen LogP contribution in [0.15, 0.2) is 48.5 Å². The molecule has 1 atom stereocenters. The molecule has 1 amide bonds. The number of benzene rings is 2. The molecule has 0 aromatic heterocycles. The Labute approximate surface area is 139 Å². The molecule has 24 heavy (non-hydrogen) atoms. The van der Waals surface area contributed by atoms with E-state index >= 15 is 0 Å². The molecule has 6 nitrogen and oxygen atoms in total. The van der Waals surface area contributed by atoms with Gasteiger partial charge in [0.1, 0.15) is 5.75 Å². The van der Waals surface area contributed by atoms with Crippen LogP contribution in [0.5, 0.6) is 5.75 Å². The van der Waals surface area contributed by atoms with E-state index in [4.69, 9.17) is 4.74 Å². The summed E-state index contributed by atoms with van der Waals surface area (Å²) in [5.41, 5.74) is 0.867. The molecule has 0 aliphatic rings. The van der Waals surface area contributed by atoms with E-state index in [9.17, 15) is 19.5 Å². The summed E-state index contributed by atoms with van der Waals surface area (Å²) in [7, 11) is 0. The molecule has 2 N–H and O–H groups in total. The molecule has 0 bridgehead atoms. The SMILES string of the molecule is CC(=O)c1ccccc1NC(=O)[C@@H](C)OC(=O)c1cccc(O)c1. The fourth-order valence-electron chi connectivity index (χ4n) is 2.05. The van der Waals surface area contributed by atoms with Gasteiger partial charge >= 0.3 is 5.97 Å². The Balaban J connectivity index is 2.05. The van der Waals surface area contributed by atoms with Crippen LogP contribution < -0.4 is 5.32 Å². The topological polar surface area (TPSA) is 92.7 Å². The van der Waals surface area contributed by atoms with Crippen LogP contribution in [0.25, 0.3) is 0 Å². The Morgan fingerprint density at radius 1 is 1.08 bits per heavy atom. The number of Topliss-reactive ketones (excluding diaryl/α,β-unsaturated/α-hetero) is 1. The molecule has 0 fully saturated rings. The van der Waals surface area contributed by atoms with Crippen molar-refractivity contribution >= 4 is 23.3 Å². The lowest BCUT2D eigenvalue weighted by molar-refractivity contribution is -0.123. The van der Waals surface area contributed by atoms with E-state index in [1.54, 1.807) is 24.3 Å². The molecule has 0 heterocycles. The summed E-state index contributed by atoms with van der Waals surface area (Å²) >= 11 is 0. The average molecular weight is 327 g/mol. The minimum atomic E-state index is -1.07. The van der Waals surface area contributed by atoms with Crippen LogP contribution in [0.2, 0.25) is 0 Å². The largest absolute Gasteiger partial charge is 0.508 e. The van der Waals surface area contributed by atoms with Gasteiger partial charge in [-0.3, -0.25) is 9.59 Å². The Morgan fingerprint density at radius 3 is 2.46 bits per heavy atom. The lowest BCUT2D eigenvalue weighted by atomic mass is 10.1. The van der Waals surface area contributed by atoms with Crippen LogP contribution in [0.4, 0.5) is 5.69 Å². The van der Waals surface area contributed by atoms with Crippen molar-refractivity contribution in [1.29, 1.82) is 0 Å². The summed E-state index contributed by atoms with van der Waals surface area (Å²) in [6, 6.07) is 12.2. The van der Waals surface area contributed by atoms with Gasteiger partial charge in [0.25, 0.3) is 5.91 Å². The van der Waals surface area contributed by atoms with Gasteiger partial charge in [0.05, 0.1) is 11.3 Å². The number of esters is 1. The molecule has 2 aromatic carbocycles. The smallest absolute Gasteiger partial charge is 0.339 e. The van der Waals surface area contributed by atoms with Crippen LogP contribution >= 0.6 is 0 Å². The standard InChI is InChI=1S/C18H17NO5/c1-11(20)15-8-3-4-9-16(15)19-17(22)12(2)24-18(23)13-6-5-7-14(21)10-13/h3-10,12,21H,1-2H3,(H,19,22)/t12-/m1/s1. The molecular weight excluding hydrogens is 310 g/mol. The van der Waals surface area contributed by atoms with Crippen molar-refractivity contribution in [3.05, 3.63) is 59.7 Å². The number of ketones is 1. The first kappa shape index (κ1) is 17.2. The number of amides is 1. The summed E-state index contributed by atoms with van der Waals surface area (Å²) in [6.45, 7) is 2.82. The number of anilines is 1. The molecule has 0 spiro atoms. The minimum absolute atomic E-state index is 0.0723. The monoisotopic (exact) mass is 327 g/mol. The molecule has 2 rings (SSSR count). The summed E-state index contributed by atoms with van der Waals surface area (Å²) in [4.78, 5) is 35.7. The van der Waals surface area contributed by atoms with Gasteiger partial charge in [0.15, 0.2) is 11.9 Å². The zero-order valence-corrected chi connectivity index (χ0v) is 13.3. The van der Waals surface area contributed by atoms with Crippen molar-refractivity contribution in [3.63, 3.8) is 0 Å². The number of hydrogen-bond acceptors (Lipinski definition) is 5. The first-order valence-electron chi connectivity index (χ1n) is 7.29. The van der Waals surface area contributed by atoms with Gasteiger partial charge in [-0.2, -0.15) is 0 Å². The second-order valence-electron chi connectivity index (χ2n) is 5.19. The van der Waals surface area contributed by atoms with Gasteiger partial charge in [-0.15, -0.1) is 0 Å². The van der Waals surface area contributed by atoms with Crippen LogP contribution in [0, 0.1) is 0 Å².